The van der Waals surface area contributed by atoms with Gasteiger partial charge in [-0.2, -0.15) is 0 Å². The van der Waals surface area contributed by atoms with Crippen molar-refractivity contribution in [3.63, 3.8) is 0 Å². The second-order valence-electron chi connectivity index (χ2n) is 6.86. The van der Waals surface area contributed by atoms with Crippen LogP contribution in [0.25, 0.3) is 0 Å². The molecule has 1 aliphatic heterocycles. The number of carbonyl (C=O) groups is 3. The van der Waals surface area contributed by atoms with E-state index in [9.17, 15) is 14.4 Å². The highest BCUT2D eigenvalue weighted by Crippen LogP contribution is 2.38. The topological polar surface area (TPSA) is 119 Å². The smallest absolute Gasteiger partial charge is 0.338 e. The minimum Gasteiger partial charge on any atom is -0.458 e. The van der Waals surface area contributed by atoms with Crippen molar-refractivity contribution in [2.75, 3.05) is 13.2 Å². The normalized spacial score (nSPS) is 23.0. The van der Waals surface area contributed by atoms with Gasteiger partial charge in [-0.15, -0.1) is 5.10 Å². The van der Waals surface area contributed by atoms with Crippen LogP contribution in [0.5, 0.6) is 0 Å². The highest BCUT2D eigenvalue weighted by molar-refractivity contribution is 5.89. The molecule has 3 rings (SSSR count). The van der Waals surface area contributed by atoms with Crippen LogP contribution in [-0.4, -0.2) is 57.8 Å². The van der Waals surface area contributed by atoms with Crippen LogP contribution in [0.1, 0.15) is 43.1 Å². The molecule has 0 unspecified atom stereocenters. The van der Waals surface area contributed by atoms with Crippen LogP contribution in [-0.2, 0) is 35.0 Å². The van der Waals surface area contributed by atoms with E-state index in [-0.39, 0.29) is 13.2 Å². The third kappa shape index (κ3) is 4.48. The molecule has 0 radical (unpaired) electrons. The Hall–Kier alpha value is -3.27. The van der Waals surface area contributed by atoms with E-state index in [0.717, 1.165) is 5.69 Å². The van der Waals surface area contributed by atoms with Gasteiger partial charge in [-0.05, 0) is 18.6 Å². The zero-order valence-corrected chi connectivity index (χ0v) is 16.9. The summed E-state index contributed by atoms with van der Waals surface area (Å²) in [6.07, 6.45) is 0.161. The molecule has 1 aromatic heterocycles. The predicted molar refractivity (Wildman–Crippen MR) is 101 cm³/mol. The van der Waals surface area contributed by atoms with Crippen LogP contribution in [0.4, 0.5) is 0 Å². The van der Waals surface area contributed by atoms with Crippen molar-refractivity contribution >= 4 is 17.9 Å². The van der Waals surface area contributed by atoms with Gasteiger partial charge in [-0.1, -0.05) is 30.3 Å². The van der Waals surface area contributed by atoms with Crippen LogP contribution in [0.2, 0.25) is 0 Å². The number of hydrogen-bond acceptors (Lipinski definition) is 9. The molecule has 2 heterocycles. The quantitative estimate of drug-likeness (QED) is 0.487. The number of ether oxygens (including phenoxy) is 4. The fourth-order valence-electron chi connectivity index (χ4n) is 3.30. The SMILES string of the molecule is CCc1cnnn1[C@@H]1OC[C@@](COC(=O)c2ccccc2)(OC(C)=O)[C@H]1OC(C)=O. The molecule has 10 heteroatoms. The number of aromatic nitrogens is 3. The van der Waals surface area contributed by atoms with E-state index in [4.69, 9.17) is 18.9 Å². The molecule has 1 aromatic carbocycles. The Kier molecular flexibility index (Phi) is 6.46. The third-order valence-corrected chi connectivity index (χ3v) is 4.63. The fourth-order valence-corrected chi connectivity index (χ4v) is 3.30. The Balaban J connectivity index is 1.90. The molecule has 30 heavy (non-hydrogen) atoms. The Morgan fingerprint density at radius 3 is 2.57 bits per heavy atom. The molecule has 3 atom stereocenters. The maximum Gasteiger partial charge on any atom is 0.338 e. The summed E-state index contributed by atoms with van der Waals surface area (Å²) in [5.41, 5.74) is -0.472. The largest absolute Gasteiger partial charge is 0.458 e. The van der Waals surface area contributed by atoms with Gasteiger partial charge in [-0.3, -0.25) is 9.59 Å². The molecule has 0 saturated carbocycles. The molecule has 0 N–H and O–H groups in total. The molecule has 10 nitrogen and oxygen atoms in total. The first-order valence-electron chi connectivity index (χ1n) is 9.46. The number of carbonyl (C=O) groups excluding carboxylic acids is 3. The van der Waals surface area contributed by atoms with Gasteiger partial charge in [0, 0.05) is 13.8 Å². The summed E-state index contributed by atoms with van der Waals surface area (Å²) in [6.45, 7) is 3.81. The molecule has 160 valence electrons. The Bertz CT molecular complexity index is 914. The van der Waals surface area contributed by atoms with E-state index < -0.39 is 35.8 Å². The lowest BCUT2D eigenvalue weighted by Gasteiger charge is -2.33. The van der Waals surface area contributed by atoms with Gasteiger partial charge in [0.15, 0.2) is 12.3 Å². The van der Waals surface area contributed by atoms with Gasteiger partial charge in [0.1, 0.15) is 6.61 Å². The average molecular weight is 417 g/mol. The monoisotopic (exact) mass is 417 g/mol. The van der Waals surface area contributed by atoms with E-state index in [2.05, 4.69) is 10.3 Å². The lowest BCUT2D eigenvalue weighted by Crippen LogP contribution is -2.52. The van der Waals surface area contributed by atoms with E-state index in [1.807, 2.05) is 6.92 Å². The minimum absolute atomic E-state index is 0.166. The lowest BCUT2D eigenvalue weighted by molar-refractivity contribution is -0.186. The first-order valence-corrected chi connectivity index (χ1v) is 9.46. The van der Waals surface area contributed by atoms with Crippen molar-refractivity contribution < 1.29 is 33.3 Å². The Morgan fingerprint density at radius 1 is 1.20 bits per heavy atom. The summed E-state index contributed by atoms with van der Waals surface area (Å²) in [5, 5.41) is 7.89. The first-order chi connectivity index (χ1) is 14.4. The average Bonchev–Trinajstić information content (AvgIpc) is 3.31. The first kappa shape index (κ1) is 21.4. The van der Waals surface area contributed by atoms with Crippen molar-refractivity contribution in [3.05, 3.63) is 47.8 Å². The number of benzene rings is 1. The van der Waals surface area contributed by atoms with Crippen LogP contribution in [0.15, 0.2) is 36.5 Å². The molecule has 0 bridgehead atoms. The number of rotatable bonds is 7. The predicted octanol–water partition coefficient (Wildman–Crippen LogP) is 1.46. The number of nitrogens with zero attached hydrogens (tertiary/aromatic N) is 3. The van der Waals surface area contributed by atoms with E-state index in [1.165, 1.54) is 18.5 Å². The summed E-state index contributed by atoms with van der Waals surface area (Å²) in [5.74, 6) is -1.86. The van der Waals surface area contributed by atoms with Crippen molar-refractivity contribution in [1.29, 1.82) is 0 Å². The van der Waals surface area contributed by atoms with Gasteiger partial charge in [0.05, 0.1) is 24.1 Å². The minimum atomic E-state index is -1.54. The second kappa shape index (κ2) is 9.04. The van der Waals surface area contributed by atoms with Gasteiger partial charge in [-0.25, -0.2) is 9.48 Å². The van der Waals surface area contributed by atoms with Crippen LogP contribution < -0.4 is 0 Å². The van der Waals surface area contributed by atoms with Gasteiger partial charge in [0.25, 0.3) is 0 Å². The molecule has 1 fully saturated rings. The van der Waals surface area contributed by atoms with Crippen molar-refractivity contribution in [2.45, 2.75) is 45.1 Å². The Labute approximate surface area is 173 Å². The summed E-state index contributed by atoms with van der Waals surface area (Å²) in [6, 6.07) is 8.37. The third-order valence-electron chi connectivity index (χ3n) is 4.63. The maximum atomic E-state index is 12.4. The van der Waals surface area contributed by atoms with E-state index >= 15 is 0 Å². The number of hydrogen-bond donors (Lipinski definition) is 0. The molecule has 1 saturated heterocycles. The van der Waals surface area contributed by atoms with Gasteiger partial charge >= 0.3 is 17.9 Å². The highest BCUT2D eigenvalue weighted by atomic mass is 16.7. The second-order valence-corrected chi connectivity index (χ2v) is 6.86. The summed E-state index contributed by atoms with van der Waals surface area (Å²) < 4.78 is 23.7. The summed E-state index contributed by atoms with van der Waals surface area (Å²) in [7, 11) is 0. The van der Waals surface area contributed by atoms with Gasteiger partial charge in [0.2, 0.25) is 5.60 Å². The molecular weight excluding hydrogens is 394 g/mol. The molecule has 0 aliphatic carbocycles. The molecule has 0 spiro atoms. The van der Waals surface area contributed by atoms with Crippen molar-refractivity contribution in [1.82, 2.24) is 15.0 Å². The summed E-state index contributed by atoms with van der Waals surface area (Å²) >= 11 is 0. The zero-order chi connectivity index (χ0) is 21.7. The fraction of sp³-hybridized carbons (Fsp3) is 0.450. The number of aryl methyl sites for hydroxylation is 1. The molecule has 1 aliphatic rings. The van der Waals surface area contributed by atoms with Crippen molar-refractivity contribution in [2.24, 2.45) is 0 Å². The van der Waals surface area contributed by atoms with E-state index in [1.54, 1.807) is 36.5 Å². The van der Waals surface area contributed by atoms with Gasteiger partial charge < -0.3 is 18.9 Å². The molecule has 2 aromatic rings. The van der Waals surface area contributed by atoms with Crippen LogP contribution in [0, 0.1) is 0 Å². The van der Waals surface area contributed by atoms with Crippen LogP contribution in [0.3, 0.4) is 0 Å². The highest BCUT2D eigenvalue weighted by Gasteiger charge is 2.57. The standard InChI is InChI=1S/C20H23N3O7/c1-4-16-10-21-22-23(16)18-17(29-13(2)24)20(11-27-18,30-14(3)25)12-28-19(26)15-8-6-5-7-9-15/h5-10,17-18H,4,11-12H2,1-3H3/t17-,18+,20-/m0/s1. The number of esters is 3. The van der Waals surface area contributed by atoms with Crippen LogP contribution >= 0.6 is 0 Å². The molecule has 0 amide bonds. The van der Waals surface area contributed by atoms with Crippen molar-refractivity contribution in [3.8, 4) is 0 Å². The Morgan fingerprint density at radius 2 is 1.93 bits per heavy atom. The van der Waals surface area contributed by atoms with E-state index in [0.29, 0.717) is 12.0 Å². The maximum absolute atomic E-state index is 12.4. The molecular formula is C20H23N3O7. The zero-order valence-electron chi connectivity index (χ0n) is 16.9. The lowest BCUT2D eigenvalue weighted by atomic mass is 9.99. The summed E-state index contributed by atoms with van der Waals surface area (Å²) in [4.78, 5) is 36.1.